The largest absolute Gasteiger partial charge is 0.314 e. The summed E-state index contributed by atoms with van der Waals surface area (Å²) in [5, 5.41) is 3.76. The van der Waals surface area contributed by atoms with Crippen molar-refractivity contribution in [2.24, 2.45) is 17.8 Å². The fraction of sp³-hybridized carbons (Fsp3) is 1.00. The van der Waals surface area contributed by atoms with Crippen molar-refractivity contribution in [3.05, 3.63) is 0 Å². The molecule has 2 fully saturated rings. The van der Waals surface area contributed by atoms with E-state index in [4.69, 9.17) is 0 Å². The predicted octanol–water partition coefficient (Wildman–Crippen LogP) is 3.91. The molecule has 0 aromatic heterocycles. The van der Waals surface area contributed by atoms with Crippen molar-refractivity contribution < 1.29 is 0 Å². The van der Waals surface area contributed by atoms with Crippen molar-refractivity contribution in [1.29, 1.82) is 0 Å². The Balaban J connectivity index is 1.88. The van der Waals surface area contributed by atoms with Crippen molar-refractivity contribution in [1.82, 2.24) is 10.2 Å². The smallest absolute Gasteiger partial charge is 0.0108 e. The average molecular weight is 281 g/mol. The highest BCUT2D eigenvalue weighted by molar-refractivity contribution is 4.90. The molecule has 2 rings (SSSR count). The Morgan fingerprint density at radius 3 is 2.50 bits per heavy atom. The monoisotopic (exact) mass is 280 g/mol. The quantitative estimate of drug-likeness (QED) is 0.725. The topological polar surface area (TPSA) is 15.3 Å². The molecule has 0 aromatic carbocycles. The van der Waals surface area contributed by atoms with E-state index in [-0.39, 0.29) is 0 Å². The maximum atomic E-state index is 3.76. The molecule has 118 valence electrons. The van der Waals surface area contributed by atoms with Gasteiger partial charge in [-0.25, -0.2) is 0 Å². The van der Waals surface area contributed by atoms with Crippen LogP contribution in [0.5, 0.6) is 0 Å². The van der Waals surface area contributed by atoms with Crippen molar-refractivity contribution in [2.45, 2.75) is 78.3 Å². The summed E-state index contributed by atoms with van der Waals surface area (Å²) in [5.41, 5.74) is 0. The van der Waals surface area contributed by atoms with Gasteiger partial charge < -0.3 is 10.2 Å². The average Bonchev–Trinajstić information content (AvgIpc) is 3.21. The van der Waals surface area contributed by atoms with E-state index < -0.39 is 0 Å². The lowest BCUT2D eigenvalue weighted by Crippen LogP contribution is -2.46. The first-order valence-electron chi connectivity index (χ1n) is 9.07. The van der Waals surface area contributed by atoms with Crippen molar-refractivity contribution in [2.75, 3.05) is 19.6 Å². The number of hydrogen-bond donors (Lipinski definition) is 1. The van der Waals surface area contributed by atoms with Gasteiger partial charge in [0.2, 0.25) is 0 Å². The van der Waals surface area contributed by atoms with Gasteiger partial charge in [0, 0.05) is 18.6 Å². The van der Waals surface area contributed by atoms with Crippen molar-refractivity contribution >= 4 is 0 Å². The summed E-state index contributed by atoms with van der Waals surface area (Å²) in [6.45, 7) is 13.2. The highest BCUT2D eigenvalue weighted by Gasteiger charge is 2.34. The minimum absolute atomic E-state index is 0.775. The Kier molecular flexibility index (Phi) is 6.35. The molecule has 0 aliphatic heterocycles. The maximum absolute atomic E-state index is 3.76. The van der Waals surface area contributed by atoms with Crippen LogP contribution in [-0.2, 0) is 0 Å². The Labute approximate surface area is 126 Å². The van der Waals surface area contributed by atoms with Crippen LogP contribution >= 0.6 is 0 Å². The Bertz CT molecular complexity index is 273. The zero-order valence-electron chi connectivity index (χ0n) is 14.2. The lowest BCUT2D eigenvalue weighted by molar-refractivity contribution is 0.136. The first-order chi connectivity index (χ1) is 9.60. The van der Waals surface area contributed by atoms with E-state index in [0.717, 1.165) is 36.4 Å². The summed E-state index contributed by atoms with van der Waals surface area (Å²) in [6, 6.07) is 1.70. The van der Waals surface area contributed by atoms with E-state index in [1.807, 2.05) is 0 Å². The zero-order chi connectivity index (χ0) is 14.5. The second-order valence-corrected chi connectivity index (χ2v) is 7.75. The fourth-order valence-electron chi connectivity index (χ4n) is 3.82. The minimum atomic E-state index is 0.775. The minimum Gasteiger partial charge on any atom is -0.314 e. The van der Waals surface area contributed by atoms with Crippen molar-refractivity contribution in [3.8, 4) is 0 Å². The van der Waals surface area contributed by atoms with Gasteiger partial charge in [-0.1, -0.05) is 27.7 Å². The number of nitrogens with zero attached hydrogens (tertiary/aromatic N) is 1. The third kappa shape index (κ3) is 5.04. The highest BCUT2D eigenvalue weighted by Crippen LogP contribution is 2.33. The maximum Gasteiger partial charge on any atom is 0.0108 e. The molecule has 0 aromatic rings. The first kappa shape index (κ1) is 16.3. The SMILES string of the molecule is CCNC1CCC(C)CC1CN(CCC(C)C)C1CC1. The predicted molar refractivity (Wildman–Crippen MR) is 88.0 cm³/mol. The van der Waals surface area contributed by atoms with Crippen molar-refractivity contribution in [3.63, 3.8) is 0 Å². The van der Waals surface area contributed by atoms with Gasteiger partial charge in [-0.05, 0) is 69.4 Å². The van der Waals surface area contributed by atoms with Gasteiger partial charge in [-0.3, -0.25) is 0 Å². The number of rotatable bonds is 8. The molecule has 0 amide bonds. The molecule has 1 N–H and O–H groups in total. The first-order valence-corrected chi connectivity index (χ1v) is 9.07. The molecule has 2 aliphatic carbocycles. The molecule has 3 atom stereocenters. The van der Waals surface area contributed by atoms with Crippen LogP contribution in [0.25, 0.3) is 0 Å². The normalized spacial score (nSPS) is 31.2. The molecular weight excluding hydrogens is 244 g/mol. The molecule has 3 unspecified atom stereocenters. The van der Waals surface area contributed by atoms with E-state index in [1.165, 1.54) is 51.6 Å². The Morgan fingerprint density at radius 1 is 1.15 bits per heavy atom. The molecule has 2 heteroatoms. The summed E-state index contributed by atoms with van der Waals surface area (Å²) < 4.78 is 0. The molecule has 2 saturated carbocycles. The second kappa shape index (κ2) is 7.79. The summed E-state index contributed by atoms with van der Waals surface area (Å²) in [7, 11) is 0. The zero-order valence-corrected chi connectivity index (χ0v) is 14.2. The van der Waals surface area contributed by atoms with E-state index in [1.54, 1.807) is 0 Å². The Morgan fingerprint density at radius 2 is 1.90 bits per heavy atom. The van der Waals surface area contributed by atoms with Gasteiger partial charge in [0.05, 0.1) is 0 Å². The molecular formula is C18H36N2. The van der Waals surface area contributed by atoms with Gasteiger partial charge in [0.25, 0.3) is 0 Å². The van der Waals surface area contributed by atoms with E-state index >= 15 is 0 Å². The van der Waals surface area contributed by atoms with E-state index in [0.29, 0.717) is 0 Å². The summed E-state index contributed by atoms with van der Waals surface area (Å²) in [6.07, 6.45) is 8.51. The summed E-state index contributed by atoms with van der Waals surface area (Å²) in [5.74, 6) is 2.65. The number of hydrogen-bond acceptors (Lipinski definition) is 2. The van der Waals surface area contributed by atoms with Gasteiger partial charge in [0.15, 0.2) is 0 Å². The summed E-state index contributed by atoms with van der Waals surface area (Å²) >= 11 is 0. The van der Waals surface area contributed by atoms with E-state index in [2.05, 4.69) is 37.9 Å². The van der Waals surface area contributed by atoms with Gasteiger partial charge in [-0.15, -0.1) is 0 Å². The highest BCUT2D eigenvalue weighted by atomic mass is 15.2. The fourth-order valence-corrected chi connectivity index (χ4v) is 3.82. The van der Waals surface area contributed by atoms with Gasteiger partial charge in [-0.2, -0.15) is 0 Å². The molecule has 2 aliphatic rings. The molecule has 0 heterocycles. The van der Waals surface area contributed by atoms with Crippen LogP contribution in [0, 0.1) is 17.8 Å². The van der Waals surface area contributed by atoms with Crippen LogP contribution < -0.4 is 5.32 Å². The Hall–Kier alpha value is -0.0800. The van der Waals surface area contributed by atoms with Crippen LogP contribution in [0.15, 0.2) is 0 Å². The summed E-state index contributed by atoms with van der Waals surface area (Å²) in [4.78, 5) is 2.83. The molecule has 20 heavy (non-hydrogen) atoms. The van der Waals surface area contributed by atoms with Crippen LogP contribution in [0.1, 0.15) is 66.2 Å². The third-order valence-corrected chi connectivity index (χ3v) is 5.24. The lowest BCUT2D eigenvalue weighted by Gasteiger charge is -2.38. The molecule has 0 saturated heterocycles. The van der Waals surface area contributed by atoms with Crippen LogP contribution in [0.4, 0.5) is 0 Å². The third-order valence-electron chi connectivity index (χ3n) is 5.24. The van der Waals surface area contributed by atoms with Gasteiger partial charge >= 0.3 is 0 Å². The molecule has 0 bridgehead atoms. The van der Waals surface area contributed by atoms with E-state index in [9.17, 15) is 0 Å². The van der Waals surface area contributed by atoms with Gasteiger partial charge in [0.1, 0.15) is 0 Å². The lowest BCUT2D eigenvalue weighted by atomic mass is 9.78. The van der Waals surface area contributed by atoms with Crippen LogP contribution in [0.2, 0.25) is 0 Å². The molecule has 0 radical (unpaired) electrons. The molecule has 2 nitrogen and oxygen atoms in total. The second-order valence-electron chi connectivity index (χ2n) is 7.75. The van der Waals surface area contributed by atoms with Crippen LogP contribution in [-0.4, -0.2) is 36.6 Å². The number of nitrogens with one attached hydrogen (secondary N) is 1. The van der Waals surface area contributed by atoms with Crippen LogP contribution in [0.3, 0.4) is 0 Å². The molecule has 0 spiro atoms. The standard InChI is InChI=1S/C18H36N2/c1-5-19-18-9-6-15(4)12-16(18)13-20(17-7-8-17)11-10-14(2)3/h14-19H,5-13H2,1-4H3.